The molecule has 0 saturated carbocycles. The lowest BCUT2D eigenvalue weighted by Gasteiger charge is -2.27. The number of fused-ring (bicyclic) bond motifs is 1. The van der Waals surface area contributed by atoms with Crippen LogP contribution in [0.5, 0.6) is 0 Å². The van der Waals surface area contributed by atoms with E-state index in [1.807, 2.05) is 0 Å². The van der Waals surface area contributed by atoms with Gasteiger partial charge in [-0.25, -0.2) is 0 Å². The molecule has 3 N–H and O–H groups in total. The summed E-state index contributed by atoms with van der Waals surface area (Å²) in [5, 5.41) is 11.1. The maximum absolute atomic E-state index is 13.0. The van der Waals surface area contributed by atoms with Gasteiger partial charge in [0, 0.05) is 30.1 Å². The number of nitrogens with zero attached hydrogens (tertiary/aromatic N) is 4. The molecule has 3 rings (SSSR count). The Kier molecular flexibility index (Phi) is 6.83. The minimum absolute atomic E-state index is 0.0396. The third-order valence-electron chi connectivity index (χ3n) is 4.98. The van der Waals surface area contributed by atoms with Crippen molar-refractivity contribution in [2.45, 2.75) is 31.7 Å². The van der Waals surface area contributed by atoms with Crippen molar-refractivity contribution in [3.05, 3.63) is 39.8 Å². The number of carbonyl (C=O) groups excluding carboxylic acids is 5. The number of carbonyl (C=O) groups is 5. The summed E-state index contributed by atoms with van der Waals surface area (Å²) in [5.41, 5.74) is 8.75. The summed E-state index contributed by atoms with van der Waals surface area (Å²) < 4.78 is 0. The highest BCUT2D eigenvalue weighted by molar-refractivity contribution is 6.25. The Morgan fingerprint density at radius 2 is 2.03 bits per heavy atom. The summed E-state index contributed by atoms with van der Waals surface area (Å²) in [5.74, 6) is -2.68. The van der Waals surface area contributed by atoms with Crippen molar-refractivity contribution in [2.75, 3.05) is 25.0 Å². The molecule has 1 fully saturated rings. The van der Waals surface area contributed by atoms with Crippen molar-refractivity contribution in [3.63, 3.8) is 0 Å². The molecule has 0 aromatic heterocycles. The van der Waals surface area contributed by atoms with Crippen LogP contribution in [0.25, 0.3) is 10.4 Å². The highest BCUT2D eigenvalue weighted by Crippen LogP contribution is 2.32. The van der Waals surface area contributed by atoms with Crippen LogP contribution in [0.15, 0.2) is 23.3 Å². The third kappa shape index (κ3) is 4.81. The van der Waals surface area contributed by atoms with E-state index in [1.165, 1.54) is 6.07 Å². The average molecular weight is 427 g/mol. The second-order valence-corrected chi connectivity index (χ2v) is 7.04. The second kappa shape index (κ2) is 9.72. The predicted octanol–water partition coefficient (Wildman–Crippen LogP) is 0.706. The van der Waals surface area contributed by atoms with E-state index in [2.05, 4.69) is 26.0 Å². The number of amides is 5. The first-order chi connectivity index (χ1) is 14.9. The molecule has 12 heteroatoms. The first-order valence-corrected chi connectivity index (χ1v) is 9.80. The summed E-state index contributed by atoms with van der Waals surface area (Å²) in [6.07, 6.45) is 1.41. The molecule has 0 radical (unpaired) electrons. The number of anilines is 1. The quantitative estimate of drug-likeness (QED) is 0.172. The molecular weight excluding hydrogens is 406 g/mol. The standard InChI is InChI=1S/C19H21N7O5/c20-25-23-9-2-1-8-21-15(28)10-22-12-5-3-4-11-16(12)19(31)26(18(11)30)13-6-7-14(27)24-17(13)29/h3-5,13,22H,1-2,6-10H2,(H,21,28)(H,24,27,29). The van der Waals surface area contributed by atoms with E-state index in [0.29, 0.717) is 31.6 Å². The maximum Gasteiger partial charge on any atom is 0.264 e. The van der Waals surface area contributed by atoms with Crippen molar-refractivity contribution in [1.29, 1.82) is 0 Å². The van der Waals surface area contributed by atoms with Crippen LogP contribution in [0.4, 0.5) is 5.69 Å². The zero-order chi connectivity index (χ0) is 22.4. The Bertz CT molecular complexity index is 986. The molecule has 31 heavy (non-hydrogen) atoms. The van der Waals surface area contributed by atoms with Crippen LogP contribution in [0.3, 0.4) is 0 Å². The lowest BCUT2D eigenvalue weighted by molar-refractivity contribution is -0.136. The molecule has 1 atom stereocenters. The summed E-state index contributed by atoms with van der Waals surface area (Å²) in [6.45, 7) is 0.655. The van der Waals surface area contributed by atoms with Crippen LogP contribution in [-0.2, 0) is 14.4 Å². The van der Waals surface area contributed by atoms with Gasteiger partial charge in [-0.15, -0.1) is 0 Å². The zero-order valence-electron chi connectivity index (χ0n) is 16.6. The number of nitrogens with one attached hydrogen (secondary N) is 3. The van der Waals surface area contributed by atoms with Gasteiger partial charge in [0.2, 0.25) is 17.7 Å². The Balaban J connectivity index is 1.62. The van der Waals surface area contributed by atoms with Gasteiger partial charge < -0.3 is 10.6 Å². The highest BCUT2D eigenvalue weighted by atomic mass is 16.2. The van der Waals surface area contributed by atoms with E-state index in [0.717, 1.165) is 4.90 Å². The molecule has 1 unspecified atom stereocenters. The van der Waals surface area contributed by atoms with Crippen LogP contribution in [0, 0.1) is 0 Å². The predicted molar refractivity (Wildman–Crippen MR) is 108 cm³/mol. The molecule has 1 aromatic carbocycles. The summed E-state index contributed by atoms with van der Waals surface area (Å²) in [4.78, 5) is 64.8. The Morgan fingerprint density at radius 3 is 2.77 bits per heavy atom. The van der Waals surface area contributed by atoms with Crippen molar-refractivity contribution in [2.24, 2.45) is 5.11 Å². The number of rotatable bonds is 9. The Hall–Kier alpha value is -3.92. The molecular formula is C19H21N7O5. The molecule has 5 amide bonds. The number of benzene rings is 1. The number of azide groups is 1. The Morgan fingerprint density at radius 1 is 1.23 bits per heavy atom. The smallest absolute Gasteiger partial charge is 0.264 e. The minimum atomic E-state index is -1.05. The number of unbranched alkanes of at least 4 members (excludes halogenated alkanes) is 1. The highest BCUT2D eigenvalue weighted by Gasteiger charge is 2.45. The molecule has 0 spiro atoms. The van der Waals surface area contributed by atoms with Gasteiger partial charge >= 0.3 is 0 Å². The zero-order valence-corrected chi connectivity index (χ0v) is 16.6. The first-order valence-electron chi connectivity index (χ1n) is 9.80. The Labute approximate surface area is 177 Å². The molecule has 0 aliphatic carbocycles. The van der Waals surface area contributed by atoms with Crippen LogP contribution >= 0.6 is 0 Å². The molecule has 12 nitrogen and oxygen atoms in total. The van der Waals surface area contributed by atoms with Gasteiger partial charge in [0.05, 0.1) is 17.7 Å². The largest absolute Gasteiger partial charge is 0.375 e. The van der Waals surface area contributed by atoms with E-state index in [9.17, 15) is 24.0 Å². The molecule has 1 saturated heterocycles. The van der Waals surface area contributed by atoms with Crippen LogP contribution in [0.2, 0.25) is 0 Å². The molecule has 2 aliphatic rings. The summed E-state index contributed by atoms with van der Waals surface area (Å²) in [6, 6.07) is 3.59. The van der Waals surface area contributed by atoms with E-state index < -0.39 is 29.7 Å². The van der Waals surface area contributed by atoms with E-state index >= 15 is 0 Å². The van der Waals surface area contributed by atoms with Crippen molar-refractivity contribution in [1.82, 2.24) is 15.5 Å². The fourth-order valence-electron chi connectivity index (χ4n) is 3.48. The minimum Gasteiger partial charge on any atom is -0.375 e. The van der Waals surface area contributed by atoms with Gasteiger partial charge in [-0.1, -0.05) is 11.2 Å². The third-order valence-corrected chi connectivity index (χ3v) is 4.98. The summed E-state index contributed by atoms with van der Waals surface area (Å²) >= 11 is 0. The lowest BCUT2D eigenvalue weighted by atomic mass is 10.0. The number of piperidine rings is 1. The van der Waals surface area contributed by atoms with Crippen LogP contribution in [-0.4, -0.2) is 60.1 Å². The van der Waals surface area contributed by atoms with Gasteiger partial charge in [-0.3, -0.25) is 34.2 Å². The second-order valence-electron chi connectivity index (χ2n) is 7.04. The lowest BCUT2D eigenvalue weighted by Crippen LogP contribution is -2.54. The molecule has 1 aromatic rings. The van der Waals surface area contributed by atoms with Crippen LogP contribution < -0.4 is 16.0 Å². The van der Waals surface area contributed by atoms with Crippen LogP contribution in [0.1, 0.15) is 46.4 Å². The molecule has 162 valence electrons. The maximum atomic E-state index is 13.0. The van der Waals surface area contributed by atoms with Gasteiger partial charge in [-0.2, -0.15) is 0 Å². The molecule has 2 aliphatic heterocycles. The topological polar surface area (TPSA) is 173 Å². The van der Waals surface area contributed by atoms with Gasteiger partial charge in [0.25, 0.3) is 11.8 Å². The fourth-order valence-corrected chi connectivity index (χ4v) is 3.48. The number of hydrogen-bond acceptors (Lipinski definition) is 7. The van der Waals surface area contributed by atoms with E-state index in [1.54, 1.807) is 12.1 Å². The summed E-state index contributed by atoms with van der Waals surface area (Å²) in [7, 11) is 0. The van der Waals surface area contributed by atoms with E-state index in [-0.39, 0.29) is 36.4 Å². The SMILES string of the molecule is [N-]=[N+]=NCCCCNC(=O)CNc1cccc2c1C(=O)N(C1CCC(=O)NC1=O)C2=O. The van der Waals surface area contributed by atoms with Crippen molar-refractivity contribution >= 4 is 35.2 Å². The first kappa shape index (κ1) is 21.8. The van der Waals surface area contributed by atoms with Gasteiger partial charge in [0.1, 0.15) is 6.04 Å². The number of hydrogen-bond donors (Lipinski definition) is 3. The monoisotopic (exact) mass is 427 g/mol. The van der Waals surface area contributed by atoms with Gasteiger partial charge in [0.15, 0.2) is 0 Å². The fraction of sp³-hybridized carbons (Fsp3) is 0.421. The van der Waals surface area contributed by atoms with Crippen molar-refractivity contribution in [3.8, 4) is 0 Å². The average Bonchev–Trinajstić information content (AvgIpc) is 3.00. The molecule has 2 heterocycles. The van der Waals surface area contributed by atoms with Gasteiger partial charge in [-0.05, 0) is 36.9 Å². The normalized spacial score (nSPS) is 17.7. The van der Waals surface area contributed by atoms with Crippen molar-refractivity contribution < 1.29 is 24.0 Å². The molecule has 0 bridgehead atoms. The van der Waals surface area contributed by atoms with E-state index in [4.69, 9.17) is 5.53 Å². The number of imide groups is 2.